The molecule has 1 N–H and O–H groups in total. The first kappa shape index (κ1) is 16.3. The van der Waals surface area contributed by atoms with Crippen LogP contribution >= 0.6 is 0 Å². The highest BCUT2D eigenvalue weighted by atomic mass is 16.5. The highest BCUT2D eigenvalue weighted by molar-refractivity contribution is 5.97. The second-order valence-electron chi connectivity index (χ2n) is 5.56. The fourth-order valence-electron chi connectivity index (χ4n) is 2.30. The van der Waals surface area contributed by atoms with Gasteiger partial charge in [0.1, 0.15) is 5.75 Å². The number of nitrogens with zero attached hydrogens (tertiary/aromatic N) is 2. The van der Waals surface area contributed by atoms with E-state index < -0.39 is 0 Å². The van der Waals surface area contributed by atoms with Crippen molar-refractivity contribution in [1.29, 1.82) is 0 Å². The van der Waals surface area contributed by atoms with Crippen molar-refractivity contribution in [2.24, 2.45) is 0 Å². The number of fused-ring (bicyclic) bond motifs is 1. The molecule has 120 valence electrons. The number of rotatable bonds is 7. The third-order valence-corrected chi connectivity index (χ3v) is 3.47. The maximum Gasteiger partial charge on any atom is 0.265 e. The van der Waals surface area contributed by atoms with Crippen molar-refractivity contribution >= 4 is 17.5 Å². The second-order valence-corrected chi connectivity index (χ2v) is 5.56. The molecule has 0 bridgehead atoms. The normalized spacial score (nSPS) is 13.8. The molecule has 6 nitrogen and oxygen atoms in total. The zero-order valence-corrected chi connectivity index (χ0v) is 13.2. The fraction of sp³-hybridized carbons (Fsp3) is 0.500. The molecule has 0 spiro atoms. The highest BCUT2D eigenvalue weighted by Gasteiger charge is 2.24. The van der Waals surface area contributed by atoms with Crippen LogP contribution < -0.4 is 15.0 Å². The Morgan fingerprint density at radius 3 is 2.91 bits per heavy atom. The van der Waals surface area contributed by atoms with Crippen molar-refractivity contribution in [1.82, 2.24) is 10.2 Å². The summed E-state index contributed by atoms with van der Waals surface area (Å²) in [7, 11) is 3.93. The van der Waals surface area contributed by atoms with Crippen LogP contribution in [0.4, 0.5) is 5.69 Å². The van der Waals surface area contributed by atoms with E-state index in [2.05, 4.69) is 5.32 Å². The highest BCUT2D eigenvalue weighted by Crippen LogP contribution is 2.31. The minimum Gasteiger partial charge on any atom is -0.482 e. The van der Waals surface area contributed by atoms with Gasteiger partial charge >= 0.3 is 0 Å². The molecule has 0 aromatic heterocycles. The number of carbonyl (C=O) groups excluding carboxylic acids is 2. The molecule has 2 amide bonds. The van der Waals surface area contributed by atoms with Crippen molar-refractivity contribution in [3.8, 4) is 5.75 Å². The Labute approximate surface area is 131 Å². The molecule has 0 unspecified atom stereocenters. The largest absolute Gasteiger partial charge is 0.482 e. The van der Waals surface area contributed by atoms with E-state index in [0.29, 0.717) is 25.9 Å². The predicted molar refractivity (Wildman–Crippen MR) is 85.1 cm³/mol. The van der Waals surface area contributed by atoms with Gasteiger partial charge in [0.25, 0.3) is 5.91 Å². The number of hydrogen-bond donors (Lipinski definition) is 1. The van der Waals surface area contributed by atoms with Crippen LogP contribution in [0.5, 0.6) is 5.75 Å². The molecule has 1 aliphatic heterocycles. The van der Waals surface area contributed by atoms with Crippen LogP contribution in [0.1, 0.15) is 12.8 Å². The summed E-state index contributed by atoms with van der Waals surface area (Å²) in [4.78, 5) is 27.4. The Kier molecular flexibility index (Phi) is 5.77. The van der Waals surface area contributed by atoms with Crippen LogP contribution in [0.3, 0.4) is 0 Å². The van der Waals surface area contributed by atoms with E-state index in [0.717, 1.165) is 18.0 Å². The van der Waals surface area contributed by atoms with Gasteiger partial charge < -0.3 is 19.9 Å². The lowest BCUT2D eigenvalue weighted by Crippen LogP contribution is -2.40. The molecule has 1 heterocycles. The average Bonchev–Trinajstić information content (AvgIpc) is 2.49. The number of anilines is 1. The molecule has 2 rings (SSSR count). The number of benzene rings is 1. The molecular weight excluding hydrogens is 282 g/mol. The molecule has 0 aliphatic carbocycles. The zero-order chi connectivity index (χ0) is 15.9. The van der Waals surface area contributed by atoms with E-state index in [-0.39, 0.29) is 18.4 Å². The van der Waals surface area contributed by atoms with Gasteiger partial charge in [-0.3, -0.25) is 9.59 Å². The van der Waals surface area contributed by atoms with E-state index in [1.54, 1.807) is 4.90 Å². The van der Waals surface area contributed by atoms with Crippen LogP contribution in [0, 0.1) is 0 Å². The standard InChI is InChI=1S/C16H23N3O3/c1-18(2)11-9-17-15(20)8-5-10-19-13-6-3-4-7-14(13)22-12-16(19)21/h3-4,6-7H,5,8-12H2,1-2H3,(H,17,20). The Balaban J connectivity index is 1.79. The lowest BCUT2D eigenvalue weighted by atomic mass is 10.2. The van der Waals surface area contributed by atoms with Crippen LogP contribution in [0.25, 0.3) is 0 Å². The number of carbonyl (C=O) groups is 2. The third-order valence-electron chi connectivity index (χ3n) is 3.47. The SMILES string of the molecule is CN(C)CCNC(=O)CCCN1C(=O)COc2ccccc21. The minimum atomic E-state index is -0.0632. The van der Waals surface area contributed by atoms with E-state index in [1.807, 2.05) is 43.3 Å². The van der Waals surface area contributed by atoms with Gasteiger partial charge in [-0.05, 0) is 32.6 Å². The van der Waals surface area contributed by atoms with E-state index in [4.69, 9.17) is 4.74 Å². The molecule has 22 heavy (non-hydrogen) atoms. The van der Waals surface area contributed by atoms with Gasteiger partial charge in [0, 0.05) is 26.1 Å². The smallest absolute Gasteiger partial charge is 0.265 e. The number of amides is 2. The molecule has 0 saturated carbocycles. The first-order chi connectivity index (χ1) is 10.6. The van der Waals surface area contributed by atoms with Crippen molar-refractivity contribution in [3.63, 3.8) is 0 Å². The summed E-state index contributed by atoms with van der Waals surface area (Å²) in [5.41, 5.74) is 0.784. The van der Waals surface area contributed by atoms with Crippen molar-refractivity contribution < 1.29 is 14.3 Å². The molecule has 0 saturated heterocycles. The van der Waals surface area contributed by atoms with Gasteiger partial charge in [-0.15, -0.1) is 0 Å². The third kappa shape index (κ3) is 4.46. The van der Waals surface area contributed by atoms with Gasteiger partial charge in [-0.2, -0.15) is 0 Å². The Morgan fingerprint density at radius 1 is 1.36 bits per heavy atom. The number of ether oxygens (including phenoxy) is 1. The molecule has 1 aromatic carbocycles. The fourth-order valence-corrected chi connectivity index (χ4v) is 2.30. The van der Waals surface area contributed by atoms with Crippen molar-refractivity contribution in [3.05, 3.63) is 24.3 Å². The molecule has 6 heteroatoms. The summed E-state index contributed by atoms with van der Waals surface area (Å²) in [6.07, 6.45) is 1.05. The summed E-state index contributed by atoms with van der Waals surface area (Å²) in [5, 5.41) is 2.87. The van der Waals surface area contributed by atoms with Crippen molar-refractivity contribution in [2.45, 2.75) is 12.8 Å². The second kappa shape index (κ2) is 7.79. The molecule has 1 aromatic rings. The Bertz CT molecular complexity index is 531. The molecule has 0 radical (unpaired) electrons. The number of nitrogens with one attached hydrogen (secondary N) is 1. The van der Waals surface area contributed by atoms with Crippen LogP contribution in [0.15, 0.2) is 24.3 Å². The molecule has 0 fully saturated rings. The van der Waals surface area contributed by atoms with Crippen molar-refractivity contribution in [2.75, 3.05) is 45.2 Å². The minimum absolute atomic E-state index is 0.0239. The van der Waals surface area contributed by atoms with Gasteiger partial charge in [-0.1, -0.05) is 12.1 Å². The van der Waals surface area contributed by atoms with E-state index >= 15 is 0 Å². The zero-order valence-electron chi connectivity index (χ0n) is 13.2. The molecule has 0 atom stereocenters. The first-order valence-electron chi connectivity index (χ1n) is 7.51. The Morgan fingerprint density at radius 2 is 2.14 bits per heavy atom. The maximum atomic E-state index is 12.0. The summed E-state index contributed by atoms with van der Waals surface area (Å²) >= 11 is 0. The lowest BCUT2D eigenvalue weighted by molar-refractivity contribution is -0.122. The summed E-state index contributed by atoms with van der Waals surface area (Å²) in [5.74, 6) is 0.681. The monoisotopic (exact) mass is 305 g/mol. The van der Waals surface area contributed by atoms with Gasteiger partial charge in [0.15, 0.2) is 6.61 Å². The van der Waals surface area contributed by atoms with Crippen LogP contribution in [0.2, 0.25) is 0 Å². The molecule has 1 aliphatic rings. The topological polar surface area (TPSA) is 61.9 Å². The quantitative estimate of drug-likeness (QED) is 0.812. The summed E-state index contributed by atoms with van der Waals surface area (Å²) < 4.78 is 5.39. The summed E-state index contributed by atoms with van der Waals surface area (Å²) in [6.45, 7) is 2.05. The lowest BCUT2D eigenvalue weighted by Gasteiger charge is -2.29. The van der Waals surface area contributed by atoms with E-state index in [9.17, 15) is 9.59 Å². The number of para-hydroxylation sites is 2. The van der Waals surface area contributed by atoms with Gasteiger partial charge in [0.05, 0.1) is 5.69 Å². The van der Waals surface area contributed by atoms with Gasteiger partial charge in [0.2, 0.25) is 5.91 Å². The summed E-state index contributed by atoms with van der Waals surface area (Å²) in [6, 6.07) is 7.47. The average molecular weight is 305 g/mol. The number of hydrogen-bond acceptors (Lipinski definition) is 4. The van der Waals surface area contributed by atoms with Crippen LogP contribution in [-0.4, -0.2) is 57.1 Å². The van der Waals surface area contributed by atoms with E-state index in [1.165, 1.54) is 0 Å². The first-order valence-corrected chi connectivity index (χ1v) is 7.51. The maximum absolute atomic E-state index is 12.0. The Hall–Kier alpha value is -2.08. The van der Waals surface area contributed by atoms with Crippen LogP contribution in [-0.2, 0) is 9.59 Å². The number of likely N-dealkylation sites (N-methyl/N-ethyl adjacent to an activating group) is 1. The predicted octanol–water partition coefficient (Wildman–Crippen LogP) is 0.870. The molecular formula is C16H23N3O3. The van der Waals surface area contributed by atoms with Gasteiger partial charge in [-0.25, -0.2) is 0 Å².